The molecule has 1 atom stereocenters. The molecule has 0 N–H and O–H groups in total. The minimum Gasteiger partial charge on any atom is -0.493 e. The standard InChI is InChI=1S/C37H29FI2N2O6S/c1-4-47-36(44)31-32(21-10-6-5-7-11-21)41-37-42(33(31)22-14-15-28(45-2)29(17-22)46-3)35(43)30(49-37)18-24-16-25(39)19-27(40)34(24)48-20-23-12-8-9-13-26(23)38/h5-19,33H,4,20H2,1-3H3/b30-18-/t33-/m0/s1. The average molecular weight is 903 g/mol. The van der Waals surface area contributed by atoms with E-state index in [0.29, 0.717) is 54.5 Å². The van der Waals surface area contributed by atoms with Gasteiger partial charge in [-0.2, -0.15) is 0 Å². The van der Waals surface area contributed by atoms with Crippen LogP contribution in [0, 0.1) is 13.0 Å². The van der Waals surface area contributed by atoms with E-state index in [1.807, 2.05) is 42.5 Å². The molecular formula is C37H29FI2N2O6S. The number of methoxy groups -OCH3 is 2. The second kappa shape index (κ2) is 15.3. The molecular weight excluding hydrogens is 873 g/mol. The summed E-state index contributed by atoms with van der Waals surface area (Å²) in [5.74, 6) is 0.507. The molecule has 1 aliphatic rings. The van der Waals surface area contributed by atoms with Gasteiger partial charge < -0.3 is 18.9 Å². The third-order valence-electron chi connectivity index (χ3n) is 7.75. The van der Waals surface area contributed by atoms with Crippen LogP contribution in [0.2, 0.25) is 0 Å². The number of rotatable bonds is 10. The first-order valence-corrected chi connectivity index (χ1v) is 18.1. The van der Waals surface area contributed by atoms with Gasteiger partial charge in [0.1, 0.15) is 18.2 Å². The summed E-state index contributed by atoms with van der Waals surface area (Å²) in [7, 11) is 3.07. The summed E-state index contributed by atoms with van der Waals surface area (Å²) in [4.78, 5) is 33.7. The van der Waals surface area contributed by atoms with E-state index in [-0.39, 0.29) is 30.2 Å². The van der Waals surface area contributed by atoms with Crippen LogP contribution in [-0.2, 0) is 16.1 Å². The summed E-state index contributed by atoms with van der Waals surface area (Å²) in [6.07, 6.45) is 1.76. The lowest BCUT2D eigenvalue weighted by Crippen LogP contribution is -2.40. The van der Waals surface area contributed by atoms with Crippen molar-refractivity contribution in [3.8, 4) is 17.2 Å². The first-order chi connectivity index (χ1) is 23.7. The highest BCUT2D eigenvalue weighted by atomic mass is 127. The minimum absolute atomic E-state index is 0.00793. The Hall–Kier alpha value is -4.02. The molecule has 8 nitrogen and oxygen atoms in total. The predicted molar refractivity (Wildman–Crippen MR) is 203 cm³/mol. The largest absolute Gasteiger partial charge is 0.493 e. The van der Waals surface area contributed by atoms with Gasteiger partial charge in [-0.15, -0.1) is 0 Å². The Labute approximate surface area is 312 Å². The fraction of sp³-hybridized carbons (Fsp3) is 0.162. The molecule has 0 bridgehead atoms. The van der Waals surface area contributed by atoms with E-state index in [1.165, 1.54) is 36.2 Å². The Bertz CT molecular complexity index is 2270. The van der Waals surface area contributed by atoms with E-state index in [0.717, 1.165) is 7.14 Å². The van der Waals surface area contributed by atoms with Crippen molar-refractivity contribution >= 4 is 74.3 Å². The molecule has 6 rings (SSSR count). The van der Waals surface area contributed by atoms with Crippen molar-refractivity contribution in [1.29, 1.82) is 0 Å². The summed E-state index contributed by atoms with van der Waals surface area (Å²) in [6, 6.07) is 24.0. The van der Waals surface area contributed by atoms with Gasteiger partial charge in [0, 0.05) is 20.3 Å². The van der Waals surface area contributed by atoms with Crippen LogP contribution >= 0.6 is 56.5 Å². The van der Waals surface area contributed by atoms with Gasteiger partial charge in [0.25, 0.3) is 5.56 Å². The van der Waals surface area contributed by atoms with E-state index < -0.39 is 12.0 Å². The smallest absolute Gasteiger partial charge is 0.338 e. The van der Waals surface area contributed by atoms with E-state index >= 15 is 0 Å². The number of hydrogen-bond donors (Lipinski definition) is 0. The van der Waals surface area contributed by atoms with Gasteiger partial charge in [0.2, 0.25) is 0 Å². The number of hydrogen-bond acceptors (Lipinski definition) is 8. The number of halogens is 3. The summed E-state index contributed by atoms with van der Waals surface area (Å²) in [5, 5.41) is 0. The van der Waals surface area contributed by atoms with Gasteiger partial charge in [-0.3, -0.25) is 9.36 Å². The van der Waals surface area contributed by atoms with Crippen LogP contribution in [0.4, 0.5) is 4.39 Å². The third kappa shape index (κ3) is 7.17. The van der Waals surface area contributed by atoms with Gasteiger partial charge in [0.15, 0.2) is 16.3 Å². The number of thiazole rings is 1. The number of carbonyl (C=O) groups excluding carboxylic acids is 1. The van der Waals surface area contributed by atoms with E-state index in [2.05, 4.69) is 45.2 Å². The van der Waals surface area contributed by atoms with Gasteiger partial charge in [-0.1, -0.05) is 65.9 Å². The molecule has 0 saturated carbocycles. The maximum absolute atomic E-state index is 14.5. The second-order valence-electron chi connectivity index (χ2n) is 10.7. The first-order valence-electron chi connectivity index (χ1n) is 15.1. The van der Waals surface area contributed by atoms with Crippen LogP contribution in [0.25, 0.3) is 11.8 Å². The zero-order chi connectivity index (χ0) is 34.7. The fourth-order valence-corrected chi connectivity index (χ4v) is 8.56. The molecule has 1 aromatic heterocycles. The highest BCUT2D eigenvalue weighted by Gasteiger charge is 2.35. The molecule has 0 aliphatic carbocycles. The van der Waals surface area contributed by atoms with Gasteiger partial charge in [-0.05, 0) is 94.1 Å². The molecule has 0 spiro atoms. The topological polar surface area (TPSA) is 88.4 Å². The number of fused-ring (bicyclic) bond motifs is 1. The molecule has 1 aliphatic heterocycles. The predicted octanol–water partition coefficient (Wildman–Crippen LogP) is 6.88. The first kappa shape index (κ1) is 34.8. The van der Waals surface area contributed by atoms with E-state index in [9.17, 15) is 14.0 Å². The Morgan fingerprint density at radius 3 is 2.43 bits per heavy atom. The van der Waals surface area contributed by atoms with Crippen molar-refractivity contribution in [2.45, 2.75) is 19.6 Å². The van der Waals surface area contributed by atoms with Crippen LogP contribution in [-0.4, -0.2) is 31.4 Å². The quantitative estimate of drug-likeness (QED) is 0.112. The molecule has 49 heavy (non-hydrogen) atoms. The maximum Gasteiger partial charge on any atom is 0.338 e. The lowest BCUT2D eigenvalue weighted by Gasteiger charge is -2.26. The number of benzene rings is 4. The highest BCUT2D eigenvalue weighted by Crippen LogP contribution is 2.38. The van der Waals surface area contributed by atoms with Crippen molar-refractivity contribution < 1.29 is 28.1 Å². The number of esters is 1. The molecule has 0 radical (unpaired) electrons. The lowest BCUT2D eigenvalue weighted by molar-refractivity contribution is -0.138. The van der Waals surface area contributed by atoms with Crippen molar-refractivity contribution in [2.24, 2.45) is 4.99 Å². The summed E-state index contributed by atoms with van der Waals surface area (Å²) in [5.41, 5.74) is 2.64. The van der Waals surface area contributed by atoms with E-state index in [1.54, 1.807) is 49.4 Å². The maximum atomic E-state index is 14.5. The van der Waals surface area contributed by atoms with Crippen molar-refractivity contribution in [2.75, 3.05) is 20.8 Å². The molecule has 250 valence electrons. The number of carbonyl (C=O) groups is 1. The fourth-order valence-electron chi connectivity index (χ4n) is 5.53. The molecule has 5 aromatic rings. The molecule has 0 fully saturated rings. The molecule has 4 aromatic carbocycles. The molecule has 0 saturated heterocycles. The zero-order valence-corrected chi connectivity index (χ0v) is 31.7. The molecule has 12 heteroatoms. The lowest BCUT2D eigenvalue weighted by atomic mass is 9.93. The molecule has 2 heterocycles. The summed E-state index contributed by atoms with van der Waals surface area (Å²) in [6.45, 7) is 1.87. The van der Waals surface area contributed by atoms with Gasteiger partial charge in [-0.25, -0.2) is 14.2 Å². The van der Waals surface area contributed by atoms with Crippen LogP contribution in [0.3, 0.4) is 0 Å². The van der Waals surface area contributed by atoms with Crippen molar-refractivity contribution in [3.63, 3.8) is 0 Å². The molecule has 0 unspecified atom stereocenters. The zero-order valence-electron chi connectivity index (χ0n) is 26.5. The van der Waals surface area contributed by atoms with Crippen LogP contribution < -0.4 is 29.1 Å². The van der Waals surface area contributed by atoms with Crippen molar-refractivity contribution in [1.82, 2.24) is 4.57 Å². The van der Waals surface area contributed by atoms with Crippen LogP contribution in [0.5, 0.6) is 17.2 Å². The summed E-state index contributed by atoms with van der Waals surface area (Å²) < 4.78 is 40.9. The second-order valence-corrected chi connectivity index (χ2v) is 14.1. The highest BCUT2D eigenvalue weighted by molar-refractivity contribution is 14.1. The number of ether oxygens (including phenoxy) is 4. The normalized spacial score (nSPS) is 14.2. The monoisotopic (exact) mass is 902 g/mol. The van der Waals surface area contributed by atoms with Gasteiger partial charge >= 0.3 is 5.97 Å². The number of aromatic nitrogens is 1. The average Bonchev–Trinajstić information content (AvgIpc) is 3.41. The number of nitrogens with zero attached hydrogens (tertiary/aromatic N) is 2. The minimum atomic E-state index is -0.903. The van der Waals surface area contributed by atoms with Gasteiger partial charge in [0.05, 0.1) is 46.2 Å². The molecule has 0 amide bonds. The third-order valence-corrected chi connectivity index (χ3v) is 10.2. The van der Waals surface area contributed by atoms with Crippen LogP contribution in [0.15, 0.2) is 100 Å². The SMILES string of the molecule is CCOC(=O)C1=C(c2ccccc2)N=c2s/c(=C\c3cc(I)cc(I)c3OCc3ccccc3F)c(=O)n2[C@H]1c1ccc(OC)c(OC)c1. The Morgan fingerprint density at radius 2 is 1.71 bits per heavy atom. The van der Waals surface area contributed by atoms with Crippen molar-refractivity contribution in [3.05, 3.63) is 145 Å². The van der Waals surface area contributed by atoms with E-state index in [4.69, 9.17) is 23.9 Å². The Balaban J connectivity index is 1.59. The van der Waals surface area contributed by atoms with Crippen LogP contribution in [0.1, 0.15) is 35.2 Å². The Morgan fingerprint density at radius 1 is 0.980 bits per heavy atom. The Kier molecular flexibility index (Phi) is 10.8. The summed E-state index contributed by atoms with van der Waals surface area (Å²) >= 11 is 5.59.